The second kappa shape index (κ2) is 15.3. The topological polar surface area (TPSA) is 78.9 Å². The predicted molar refractivity (Wildman–Crippen MR) is 213 cm³/mol. The lowest BCUT2D eigenvalue weighted by Gasteiger charge is -2.37. The number of methoxy groups -OCH3 is 3. The molecule has 5 aromatic rings. The number of fused-ring (bicyclic) bond motifs is 2. The molecule has 5 aromatic carbocycles. The molecule has 0 unspecified atom stereocenters. The molecular weight excluding hydrogens is 739 g/mol. The van der Waals surface area contributed by atoms with Gasteiger partial charge in [0.25, 0.3) is 0 Å². The quantitative estimate of drug-likeness (QED) is 0.128. The van der Waals surface area contributed by atoms with Crippen LogP contribution in [0.1, 0.15) is 55.8 Å². The van der Waals surface area contributed by atoms with Gasteiger partial charge in [0.05, 0.1) is 31.9 Å². The van der Waals surface area contributed by atoms with Crippen LogP contribution >= 0.6 is 23.2 Å². The van der Waals surface area contributed by atoms with E-state index in [0.717, 1.165) is 53.9 Å². The minimum atomic E-state index is -0.679. The Bertz CT molecular complexity index is 2280. The van der Waals surface area contributed by atoms with Crippen LogP contribution in [0.25, 0.3) is 0 Å². The number of rotatable bonds is 5. The summed E-state index contributed by atoms with van der Waals surface area (Å²) in [4.78, 5) is 18.6. The van der Waals surface area contributed by atoms with Crippen molar-refractivity contribution in [2.24, 2.45) is 0 Å². The molecule has 0 saturated carbocycles. The zero-order valence-electron chi connectivity index (χ0n) is 31.4. The first-order valence-electron chi connectivity index (χ1n) is 18.3. The van der Waals surface area contributed by atoms with Crippen LogP contribution in [-0.2, 0) is 25.7 Å². The number of halogens is 2. The van der Waals surface area contributed by atoms with Gasteiger partial charge in [-0.15, -0.1) is 0 Å². The second-order valence-electron chi connectivity index (χ2n) is 14.3. The zero-order valence-corrected chi connectivity index (χ0v) is 32.9. The van der Waals surface area contributed by atoms with Crippen molar-refractivity contribution in [3.8, 4) is 46.0 Å². The van der Waals surface area contributed by atoms with Gasteiger partial charge >= 0.3 is 5.97 Å². The Morgan fingerprint density at radius 2 is 1.35 bits per heavy atom. The lowest BCUT2D eigenvalue weighted by atomic mass is 9.87. The Hall–Kier alpha value is -4.93. The molecule has 11 heteroatoms. The van der Waals surface area contributed by atoms with Gasteiger partial charge in [0.1, 0.15) is 5.75 Å². The van der Waals surface area contributed by atoms with Crippen LogP contribution in [-0.4, -0.2) is 64.3 Å². The summed E-state index contributed by atoms with van der Waals surface area (Å²) >= 11 is 12.7. The first kappa shape index (κ1) is 37.0. The van der Waals surface area contributed by atoms with Crippen molar-refractivity contribution in [1.82, 2.24) is 9.80 Å². The van der Waals surface area contributed by atoms with Crippen molar-refractivity contribution in [3.05, 3.63) is 128 Å². The maximum atomic E-state index is 14.0. The summed E-state index contributed by atoms with van der Waals surface area (Å²) in [6, 6.07) is 24.9. The van der Waals surface area contributed by atoms with Crippen LogP contribution in [0.5, 0.6) is 46.0 Å². The summed E-state index contributed by atoms with van der Waals surface area (Å²) in [5.41, 5.74) is 6.57. The summed E-state index contributed by atoms with van der Waals surface area (Å²) in [7, 11) is 9.09. The fraction of sp³-hybridized carbons (Fsp3) is 0.295. The average Bonchev–Trinajstić information content (AvgIpc) is 3.18. The minimum Gasteiger partial charge on any atom is -0.493 e. The lowest BCUT2D eigenvalue weighted by Crippen LogP contribution is -2.34. The number of carbonyl (C=O) groups is 1. The second-order valence-corrected chi connectivity index (χ2v) is 15.1. The van der Waals surface area contributed by atoms with Gasteiger partial charge < -0.3 is 28.4 Å². The molecule has 55 heavy (non-hydrogen) atoms. The van der Waals surface area contributed by atoms with E-state index in [1.54, 1.807) is 33.5 Å². The number of esters is 1. The summed E-state index contributed by atoms with van der Waals surface area (Å²) in [6.45, 7) is 1.67. The van der Waals surface area contributed by atoms with Crippen molar-refractivity contribution in [1.29, 1.82) is 0 Å². The van der Waals surface area contributed by atoms with E-state index < -0.39 is 5.97 Å². The molecule has 0 amide bonds. The highest BCUT2D eigenvalue weighted by Gasteiger charge is 2.36. The van der Waals surface area contributed by atoms with E-state index in [4.69, 9.17) is 51.6 Å². The van der Waals surface area contributed by atoms with Crippen LogP contribution in [0.3, 0.4) is 0 Å². The minimum absolute atomic E-state index is 0.0573. The molecule has 4 aliphatic heterocycles. The molecule has 9 nitrogen and oxygen atoms in total. The van der Waals surface area contributed by atoms with Crippen molar-refractivity contribution in [2.45, 2.75) is 37.8 Å². The molecule has 0 N–H and O–H groups in total. The molecule has 4 aliphatic rings. The number of benzene rings is 5. The van der Waals surface area contributed by atoms with Crippen LogP contribution in [0.4, 0.5) is 0 Å². The van der Waals surface area contributed by atoms with Gasteiger partial charge in [0, 0.05) is 35.8 Å². The monoisotopic (exact) mass is 780 g/mol. The largest absolute Gasteiger partial charge is 0.493 e. The van der Waals surface area contributed by atoms with Crippen molar-refractivity contribution >= 4 is 29.2 Å². The third-order valence-corrected chi connectivity index (χ3v) is 11.5. The molecule has 6 bridgehead atoms. The summed E-state index contributed by atoms with van der Waals surface area (Å²) in [6.07, 6.45) is 2.92. The average molecular weight is 782 g/mol. The molecule has 2 atom stereocenters. The van der Waals surface area contributed by atoms with E-state index in [2.05, 4.69) is 48.2 Å². The van der Waals surface area contributed by atoms with Crippen molar-refractivity contribution in [2.75, 3.05) is 48.5 Å². The number of likely N-dealkylation sites (N-methyl/N-ethyl adjacent to an activating group) is 2. The Morgan fingerprint density at radius 1 is 0.691 bits per heavy atom. The van der Waals surface area contributed by atoms with Crippen molar-refractivity contribution < 1.29 is 33.2 Å². The zero-order chi connectivity index (χ0) is 38.4. The molecule has 0 spiro atoms. The van der Waals surface area contributed by atoms with Gasteiger partial charge in [-0.2, -0.15) is 0 Å². The first-order chi connectivity index (χ1) is 26.6. The third kappa shape index (κ3) is 7.18. The molecule has 0 aliphatic carbocycles. The molecule has 0 radical (unpaired) electrons. The van der Waals surface area contributed by atoms with Gasteiger partial charge in [-0.1, -0.05) is 41.4 Å². The maximum absolute atomic E-state index is 14.0. The molecule has 0 fully saturated rings. The Kier molecular flexibility index (Phi) is 10.3. The SMILES string of the molecule is COc1ccc2cc1Oc1ccc(cc1)C[C@H]1c3cc(c(OC)cc3CCN1C)Oc1c(OC(=O)c3ccc(Cl)cc3Cl)c(OC)cc3c1[C@H](C2)N(C)CC3. The van der Waals surface area contributed by atoms with E-state index in [-0.39, 0.29) is 28.4 Å². The molecule has 9 rings (SSSR count). The molecule has 0 aromatic heterocycles. The van der Waals surface area contributed by atoms with Crippen LogP contribution in [0.2, 0.25) is 10.0 Å². The van der Waals surface area contributed by atoms with Gasteiger partial charge in [-0.3, -0.25) is 9.80 Å². The normalized spacial score (nSPS) is 17.9. The molecule has 4 heterocycles. The van der Waals surface area contributed by atoms with E-state index in [9.17, 15) is 4.79 Å². The molecular formula is C44H42Cl2N2O7. The summed E-state index contributed by atoms with van der Waals surface area (Å²) < 4.78 is 37.6. The number of ether oxygens (including phenoxy) is 6. The maximum Gasteiger partial charge on any atom is 0.345 e. The Morgan fingerprint density at radius 3 is 2.07 bits per heavy atom. The fourth-order valence-electron chi connectivity index (χ4n) is 7.98. The lowest BCUT2D eigenvalue weighted by molar-refractivity contribution is 0.0724. The van der Waals surface area contributed by atoms with Crippen LogP contribution < -0.4 is 28.4 Å². The van der Waals surface area contributed by atoms with E-state index in [1.165, 1.54) is 17.2 Å². The van der Waals surface area contributed by atoms with Gasteiger partial charge in [0.15, 0.2) is 34.5 Å². The number of hydrogen-bond acceptors (Lipinski definition) is 9. The number of hydrogen-bond donors (Lipinski definition) is 0. The summed E-state index contributed by atoms with van der Waals surface area (Å²) in [5, 5.41) is 0.572. The van der Waals surface area contributed by atoms with Crippen LogP contribution in [0.15, 0.2) is 78.9 Å². The smallest absolute Gasteiger partial charge is 0.345 e. The van der Waals surface area contributed by atoms with Crippen LogP contribution in [0, 0.1) is 0 Å². The Balaban J connectivity index is 1.36. The van der Waals surface area contributed by atoms with Crippen molar-refractivity contribution in [3.63, 3.8) is 0 Å². The van der Waals surface area contributed by atoms with E-state index in [1.807, 2.05) is 36.4 Å². The highest BCUT2D eigenvalue weighted by atomic mass is 35.5. The predicted octanol–water partition coefficient (Wildman–Crippen LogP) is 9.68. The third-order valence-electron chi connectivity index (χ3n) is 11.0. The number of carbonyl (C=O) groups excluding carboxylic acids is 1. The number of nitrogens with zero attached hydrogens (tertiary/aromatic N) is 2. The van der Waals surface area contributed by atoms with E-state index in [0.29, 0.717) is 52.4 Å². The highest BCUT2D eigenvalue weighted by Crippen LogP contribution is 2.52. The molecule has 0 saturated heterocycles. The Labute approximate surface area is 331 Å². The fourth-order valence-corrected chi connectivity index (χ4v) is 8.47. The van der Waals surface area contributed by atoms with Gasteiger partial charge in [-0.25, -0.2) is 4.79 Å². The van der Waals surface area contributed by atoms with Gasteiger partial charge in [0.2, 0.25) is 5.75 Å². The van der Waals surface area contributed by atoms with E-state index >= 15 is 0 Å². The molecule has 284 valence electrons. The summed E-state index contributed by atoms with van der Waals surface area (Å²) in [5.74, 6) is 3.23. The van der Waals surface area contributed by atoms with Gasteiger partial charge in [-0.05, 0) is 128 Å². The standard InChI is InChI=1S/C44H42Cl2N2O7/c1-47-16-14-27-21-37(51-4)39-24-32(27)34(47)18-25-6-10-30(11-7-25)53-38-20-26(8-13-36(38)50-3)19-35-41-28(15-17-48(35)2)22-40(52-5)42(43(41)54-39)55-44(49)31-12-9-29(45)23-33(31)46/h6-13,20-24,34-35H,14-19H2,1-5H3/t34-,35-/m0/s1. The highest BCUT2D eigenvalue weighted by molar-refractivity contribution is 6.36. The first-order valence-corrected chi connectivity index (χ1v) is 19.0.